The summed E-state index contributed by atoms with van der Waals surface area (Å²) in [6.07, 6.45) is 4.20. The average molecular weight is 308 g/mol. The minimum absolute atomic E-state index is 0.431. The molecule has 18 heavy (non-hydrogen) atoms. The van der Waals surface area contributed by atoms with E-state index in [1.165, 1.54) is 19.3 Å². The van der Waals surface area contributed by atoms with Crippen molar-refractivity contribution in [2.45, 2.75) is 45.3 Å². The molecule has 0 amide bonds. The first kappa shape index (κ1) is 12.0. The molecule has 2 aliphatic rings. The van der Waals surface area contributed by atoms with Crippen LogP contribution >= 0.6 is 15.9 Å². The Morgan fingerprint density at radius 3 is 2.94 bits per heavy atom. The van der Waals surface area contributed by atoms with Crippen LogP contribution in [-0.2, 0) is 0 Å². The monoisotopic (exact) mass is 307 g/mol. The van der Waals surface area contributed by atoms with Crippen molar-refractivity contribution in [1.82, 2.24) is 15.2 Å². The molecule has 3 heterocycles. The van der Waals surface area contributed by atoms with Crippen molar-refractivity contribution in [2.75, 3.05) is 0 Å². The number of halogens is 1. The van der Waals surface area contributed by atoms with Crippen LogP contribution in [-0.4, -0.2) is 22.1 Å². The maximum absolute atomic E-state index is 4.61. The van der Waals surface area contributed by atoms with Gasteiger partial charge in [0.15, 0.2) is 0 Å². The minimum Gasteiger partial charge on any atom is -0.361 e. The van der Waals surface area contributed by atoms with Crippen LogP contribution in [0, 0.1) is 6.92 Å². The van der Waals surface area contributed by atoms with E-state index >= 15 is 0 Å². The van der Waals surface area contributed by atoms with Gasteiger partial charge in [-0.25, -0.2) is 0 Å². The van der Waals surface area contributed by atoms with Crippen LogP contribution in [0.5, 0.6) is 0 Å². The number of aryl methyl sites for hydroxylation is 1. The number of fused-ring (bicyclic) bond motifs is 1. The maximum Gasteiger partial charge on any atom is 0.108 e. The van der Waals surface area contributed by atoms with Gasteiger partial charge in [0.25, 0.3) is 0 Å². The van der Waals surface area contributed by atoms with Crippen LogP contribution in [0.4, 0.5) is 0 Å². The predicted octanol–water partition coefficient (Wildman–Crippen LogP) is 3.21. The molecule has 0 bridgehead atoms. The molecule has 0 spiro atoms. The lowest BCUT2D eigenvalue weighted by Gasteiger charge is -2.37. The Kier molecular flexibility index (Phi) is 3.06. The van der Waals surface area contributed by atoms with Crippen molar-refractivity contribution < 1.29 is 0 Å². The van der Waals surface area contributed by atoms with Gasteiger partial charge in [-0.2, -0.15) is 0 Å². The third-order valence-electron chi connectivity index (χ3n) is 3.80. The van der Waals surface area contributed by atoms with Gasteiger partial charge in [-0.1, -0.05) is 6.07 Å². The van der Waals surface area contributed by atoms with Crippen molar-refractivity contribution in [3.05, 3.63) is 34.2 Å². The number of hydrogen-bond donors (Lipinski definition) is 1. The highest BCUT2D eigenvalue weighted by atomic mass is 79.9. The summed E-state index contributed by atoms with van der Waals surface area (Å²) in [5.74, 6) is 0. The minimum atomic E-state index is 0.431. The normalized spacial score (nSPS) is 27.2. The van der Waals surface area contributed by atoms with Gasteiger partial charge in [0.1, 0.15) is 4.61 Å². The van der Waals surface area contributed by atoms with Crippen LogP contribution in [0.15, 0.2) is 22.8 Å². The topological polar surface area (TPSA) is 28.2 Å². The van der Waals surface area contributed by atoms with Crippen LogP contribution < -0.4 is 5.32 Å². The summed E-state index contributed by atoms with van der Waals surface area (Å²) in [7, 11) is 0. The first-order chi connectivity index (χ1) is 8.66. The molecular weight excluding hydrogens is 290 g/mol. The zero-order valence-corrected chi connectivity index (χ0v) is 12.4. The molecule has 4 heteroatoms. The van der Waals surface area contributed by atoms with Gasteiger partial charge in [-0.3, -0.25) is 4.98 Å². The van der Waals surface area contributed by atoms with E-state index in [0.717, 1.165) is 21.7 Å². The summed E-state index contributed by atoms with van der Waals surface area (Å²) in [5.41, 5.74) is 3.22. The fraction of sp³-hybridized carbons (Fsp3) is 0.500. The molecule has 0 saturated carbocycles. The zero-order chi connectivity index (χ0) is 12.7. The van der Waals surface area contributed by atoms with E-state index in [-0.39, 0.29) is 0 Å². The summed E-state index contributed by atoms with van der Waals surface area (Å²) in [5, 5.41) is 3.61. The molecule has 3 nitrogen and oxygen atoms in total. The van der Waals surface area contributed by atoms with E-state index in [1.807, 2.05) is 13.0 Å². The molecule has 1 aromatic heterocycles. The van der Waals surface area contributed by atoms with Crippen LogP contribution in [0.3, 0.4) is 0 Å². The average Bonchev–Trinajstić information content (AvgIpc) is 2.68. The van der Waals surface area contributed by atoms with Gasteiger partial charge in [-0.15, -0.1) is 0 Å². The van der Waals surface area contributed by atoms with Gasteiger partial charge in [-0.05, 0) is 61.2 Å². The number of piperidine rings is 1. The van der Waals surface area contributed by atoms with E-state index in [1.54, 1.807) is 0 Å². The summed E-state index contributed by atoms with van der Waals surface area (Å²) in [6.45, 7) is 4.32. The lowest BCUT2D eigenvalue weighted by Crippen LogP contribution is -2.45. The summed E-state index contributed by atoms with van der Waals surface area (Å²) < 4.78 is 1.16. The lowest BCUT2D eigenvalue weighted by atomic mass is 10.0. The Morgan fingerprint density at radius 1 is 1.39 bits per heavy atom. The van der Waals surface area contributed by atoms with Gasteiger partial charge in [0.05, 0.1) is 17.6 Å². The smallest absolute Gasteiger partial charge is 0.108 e. The second-order valence-electron chi connectivity index (χ2n) is 5.18. The lowest BCUT2D eigenvalue weighted by molar-refractivity contribution is 0.152. The highest BCUT2D eigenvalue weighted by molar-refractivity contribution is 9.11. The van der Waals surface area contributed by atoms with E-state index < -0.39 is 0 Å². The number of nitrogens with one attached hydrogen (secondary N) is 1. The van der Waals surface area contributed by atoms with Crippen molar-refractivity contribution in [2.24, 2.45) is 0 Å². The van der Waals surface area contributed by atoms with Gasteiger partial charge in [0.2, 0.25) is 0 Å². The van der Waals surface area contributed by atoms with E-state index in [9.17, 15) is 0 Å². The molecule has 1 unspecified atom stereocenters. The quantitative estimate of drug-likeness (QED) is 0.808. The fourth-order valence-corrected chi connectivity index (χ4v) is 3.80. The Labute approximate surface area is 116 Å². The molecule has 1 fully saturated rings. The second kappa shape index (κ2) is 4.57. The molecule has 3 rings (SSSR count). The van der Waals surface area contributed by atoms with Crippen LogP contribution in [0.1, 0.15) is 37.6 Å². The Hall–Kier alpha value is -1.03. The Morgan fingerprint density at radius 2 is 2.22 bits per heavy atom. The van der Waals surface area contributed by atoms with E-state index in [0.29, 0.717) is 12.2 Å². The second-order valence-corrected chi connectivity index (χ2v) is 5.93. The van der Waals surface area contributed by atoms with Crippen molar-refractivity contribution in [1.29, 1.82) is 0 Å². The first-order valence-electron chi connectivity index (χ1n) is 6.55. The molecule has 0 radical (unpaired) electrons. The molecule has 96 valence electrons. The number of rotatable bonds is 1. The Bertz CT molecular complexity index is 498. The molecule has 1 saturated heterocycles. The fourth-order valence-electron chi connectivity index (χ4n) is 2.88. The third kappa shape index (κ3) is 1.92. The van der Waals surface area contributed by atoms with E-state index in [2.05, 4.69) is 50.2 Å². The molecule has 0 aliphatic carbocycles. The predicted molar refractivity (Wildman–Crippen MR) is 76.9 cm³/mol. The van der Waals surface area contributed by atoms with E-state index in [4.69, 9.17) is 0 Å². The zero-order valence-electron chi connectivity index (χ0n) is 10.8. The van der Waals surface area contributed by atoms with Crippen molar-refractivity contribution in [3.8, 4) is 0 Å². The molecule has 0 aromatic carbocycles. The summed E-state index contributed by atoms with van der Waals surface area (Å²) in [4.78, 5) is 7.06. The molecule has 1 N–H and O–H groups in total. The highest BCUT2D eigenvalue weighted by Crippen LogP contribution is 2.37. The standard InChI is InChI=1S/C14H18BrN3/c1-9-5-3-7-11(16-9)13-14(15)18-10(2)6-4-8-12(18)17-13/h3,5,7,10,12,17H,4,6,8H2,1-2H3/t10-,12?/m1/s1. The number of aromatic nitrogens is 1. The van der Waals surface area contributed by atoms with Crippen molar-refractivity contribution >= 4 is 21.6 Å². The summed E-state index contributed by atoms with van der Waals surface area (Å²) >= 11 is 3.75. The molecule has 2 aliphatic heterocycles. The van der Waals surface area contributed by atoms with Gasteiger partial charge >= 0.3 is 0 Å². The number of hydrogen-bond acceptors (Lipinski definition) is 3. The number of pyridine rings is 1. The van der Waals surface area contributed by atoms with Gasteiger partial charge < -0.3 is 10.2 Å². The van der Waals surface area contributed by atoms with Crippen molar-refractivity contribution in [3.63, 3.8) is 0 Å². The highest BCUT2D eigenvalue weighted by Gasteiger charge is 2.36. The van der Waals surface area contributed by atoms with Gasteiger partial charge in [0, 0.05) is 11.7 Å². The SMILES string of the molecule is Cc1cccc(C2=C(Br)N3C(CCC[C@H]3C)N2)n1. The first-order valence-corrected chi connectivity index (χ1v) is 7.35. The largest absolute Gasteiger partial charge is 0.361 e. The molecule has 1 aromatic rings. The molecule has 2 atom stereocenters. The third-order valence-corrected chi connectivity index (χ3v) is 4.60. The summed E-state index contributed by atoms with van der Waals surface area (Å²) in [6, 6.07) is 6.75. The van der Waals surface area contributed by atoms with Crippen LogP contribution in [0.2, 0.25) is 0 Å². The number of nitrogens with zero attached hydrogens (tertiary/aromatic N) is 2. The van der Waals surface area contributed by atoms with Crippen LogP contribution in [0.25, 0.3) is 5.70 Å². The maximum atomic E-state index is 4.61. The Balaban J connectivity index is 1.97. The molecular formula is C14H18BrN3.